The van der Waals surface area contributed by atoms with Crippen molar-refractivity contribution in [3.05, 3.63) is 17.5 Å². The highest BCUT2D eigenvalue weighted by Crippen LogP contribution is 2.31. The average Bonchev–Trinajstić information content (AvgIpc) is 2.81. The molecule has 2 aromatic heterocycles. The summed E-state index contributed by atoms with van der Waals surface area (Å²) in [6.07, 6.45) is 4.70. The van der Waals surface area contributed by atoms with E-state index in [2.05, 4.69) is 14.9 Å². The Bertz CT molecular complexity index is 828. The molecule has 1 aliphatic heterocycles. The molecule has 23 heavy (non-hydrogen) atoms. The molecule has 8 nitrogen and oxygen atoms in total. The van der Waals surface area contributed by atoms with Gasteiger partial charge in [-0.25, -0.2) is 15.1 Å². The maximum atomic E-state index is 11.5. The predicted molar refractivity (Wildman–Crippen MR) is 89.6 cm³/mol. The standard InChI is InChI=1S/C13H19ClN6O2S/c1-18-7-10(14)11-12(18)13(17-8-16-11)20-5-3-9(4-6-20)19(2)23(15,21)22/h7-9H,3-6H2,1-2H3,(H2,15,21,22). The summed E-state index contributed by atoms with van der Waals surface area (Å²) in [5.41, 5.74) is 1.61. The van der Waals surface area contributed by atoms with Crippen LogP contribution >= 0.6 is 11.6 Å². The summed E-state index contributed by atoms with van der Waals surface area (Å²) in [6, 6.07) is -0.0874. The minimum Gasteiger partial charge on any atom is -0.355 e. The van der Waals surface area contributed by atoms with Gasteiger partial charge in [-0.15, -0.1) is 0 Å². The molecule has 126 valence electrons. The van der Waals surface area contributed by atoms with Gasteiger partial charge in [-0.2, -0.15) is 12.7 Å². The van der Waals surface area contributed by atoms with Gasteiger partial charge in [0.25, 0.3) is 10.2 Å². The number of aromatic nitrogens is 3. The number of anilines is 1. The Morgan fingerprint density at radius 3 is 2.61 bits per heavy atom. The second kappa shape index (κ2) is 5.90. The summed E-state index contributed by atoms with van der Waals surface area (Å²) < 4.78 is 26.1. The van der Waals surface area contributed by atoms with E-state index in [1.54, 1.807) is 0 Å². The summed E-state index contributed by atoms with van der Waals surface area (Å²) in [6.45, 7) is 1.39. The van der Waals surface area contributed by atoms with Gasteiger partial charge in [0.1, 0.15) is 17.4 Å². The number of halogens is 1. The fourth-order valence-corrected chi connectivity index (χ4v) is 3.96. The molecule has 0 spiro atoms. The second-order valence-electron chi connectivity index (χ2n) is 5.76. The highest BCUT2D eigenvalue weighted by Gasteiger charge is 2.29. The minimum absolute atomic E-state index is 0.0874. The van der Waals surface area contributed by atoms with E-state index < -0.39 is 10.2 Å². The van der Waals surface area contributed by atoms with Gasteiger partial charge in [0.15, 0.2) is 5.82 Å². The van der Waals surface area contributed by atoms with Crippen molar-refractivity contribution < 1.29 is 8.42 Å². The van der Waals surface area contributed by atoms with Crippen LogP contribution in [-0.4, -0.2) is 53.4 Å². The van der Waals surface area contributed by atoms with E-state index in [9.17, 15) is 8.42 Å². The molecule has 0 saturated carbocycles. The fourth-order valence-electron chi connectivity index (χ4n) is 3.05. The van der Waals surface area contributed by atoms with Gasteiger partial charge in [0.05, 0.1) is 5.02 Å². The average molecular weight is 359 g/mol. The molecule has 2 N–H and O–H groups in total. The molecule has 0 aliphatic carbocycles. The Morgan fingerprint density at radius 1 is 1.35 bits per heavy atom. The van der Waals surface area contributed by atoms with E-state index >= 15 is 0 Å². The Kier molecular flexibility index (Phi) is 4.21. The maximum Gasteiger partial charge on any atom is 0.276 e. The van der Waals surface area contributed by atoms with E-state index in [-0.39, 0.29) is 6.04 Å². The van der Waals surface area contributed by atoms with Crippen molar-refractivity contribution in [3.8, 4) is 0 Å². The lowest BCUT2D eigenvalue weighted by Gasteiger charge is -2.36. The molecular formula is C13H19ClN6O2S. The van der Waals surface area contributed by atoms with Gasteiger partial charge >= 0.3 is 0 Å². The van der Waals surface area contributed by atoms with Gasteiger partial charge in [-0.3, -0.25) is 0 Å². The normalized spacial score (nSPS) is 17.3. The Labute approximate surface area is 140 Å². The van der Waals surface area contributed by atoms with Crippen LogP contribution in [0.2, 0.25) is 5.02 Å². The molecule has 3 rings (SSSR count). The third-order valence-corrected chi connectivity index (χ3v) is 5.75. The van der Waals surface area contributed by atoms with E-state index in [0.717, 1.165) is 16.9 Å². The molecule has 1 fully saturated rings. The van der Waals surface area contributed by atoms with Crippen molar-refractivity contribution in [2.45, 2.75) is 18.9 Å². The van der Waals surface area contributed by atoms with Gasteiger partial charge in [-0.1, -0.05) is 11.6 Å². The van der Waals surface area contributed by atoms with Crippen LogP contribution < -0.4 is 10.0 Å². The summed E-state index contributed by atoms with van der Waals surface area (Å²) >= 11 is 6.19. The Hall–Kier alpha value is -1.42. The van der Waals surface area contributed by atoms with Crippen molar-refractivity contribution in [3.63, 3.8) is 0 Å². The fraction of sp³-hybridized carbons (Fsp3) is 0.538. The maximum absolute atomic E-state index is 11.5. The van der Waals surface area contributed by atoms with Crippen LogP contribution in [0.25, 0.3) is 11.0 Å². The van der Waals surface area contributed by atoms with E-state index in [0.29, 0.717) is 31.0 Å². The molecular weight excluding hydrogens is 340 g/mol. The van der Waals surface area contributed by atoms with Crippen LogP contribution in [0.15, 0.2) is 12.5 Å². The molecule has 1 aliphatic rings. The van der Waals surface area contributed by atoms with Crippen LogP contribution in [-0.2, 0) is 17.3 Å². The monoisotopic (exact) mass is 358 g/mol. The van der Waals surface area contributed by atoms with Crippen molar-refractivity contribution >= 4 is 38.7 Å². The van der Waals surface area contributed by atoms with Gasteiger partial charge in [0.2, 0.25) is 0 Å². The third-order valence-electron chi connectivity index (χ3n) is 4.37. The highest BCUT2D eigenvalue weighted by atomic mass is 35.5. The summed E-state index contributed by atoms with van der Waals surface area (Å²) in [4.78, 5) is 10.8. The van der Waals surface area contributed by atoms with Crippen LogP contribution in [0, 0.1) is 0 Å². The first-order chi connectivity index (χ1) is 10.8. The number of hydrogen-bond acceptors (Lipinski definition) is 5. The lowest BCUT2D eigenvalue weighted by atomic mass is 10.1. The van der Waals surface area contributed by atoms with Crippen molar-refractivity contribution in [1.29, 1.82) is 0 Å². The Balaban J connectivity index is 1.84. The highest BCUT2D eigenvalue weighted by molar-refractivity contribution is 7.86. The molecule has 3 heterocycles. The van der Waals surface area contributed by atoms with Crippen molar-refractivity contribution in [1.82, 2.24) is 18.8 Å². The molecule has 0 amide bonds. The van der Waals surface area contributed by atoms with Crippen molar-refractivity contribution in [2.24, 2.45) is 12.2 Å². The number of nitrogens with zero attached hydrogens (tertiary/aromatic N) is 5. The van der Waals surface area contributed by atoms with Gasteiger partial charge in [-0.05, 0) is 12.8 Å². The predicted octanol–water partition coefficient (Wildman–Crippen LogP) is 0.726. The first kappa shape index (κ1) is 16.4. The number of aryl methyl sites for hydroxylation is 1. The van der Waals surface area contributed by atoms with Crippen molar-refractivity contribution in [2.75, 3.05) is 25.0 Å². The lowest BCUT2D eigenvalue weighted by Crippen LogP contribution is -2.47. The summed E-state index contributed by atoms with van der Waals surface area (Å²) in [5, 5.41) is 5.79. The molecule has 0 unspecified atom stereocenters. The van der Waals surface area contributed by atoms with E-state index in [1.165, 1.54) is 17.7 Å². The lowest BCUT2D eigenvalue weighted by molar-refractivity contribution is 0.312. The zero-order chi connectivity index (χ0) is 16.8. The zero-order valence-corrected chi connectivity index (χ0v) is 14.5. The van der Waals surface area contributed by atoms with Crippen LogP contribution in [0.3, 0.4) is 0 Å². The van der Waals surface area contributed by atoms with E-state index in [4.69, 9.17) is 16.7 Å². The van der Waals surface area contributed by atoms with E-state index in [1.807, 2.05) is 17.8 Å². The third kappa shape index (κ3) is 3.01. The number of rotatable bonds is 3. The number of piperidine rings is 1. The molecule has 0 aromatic carbocycles. The number of fused-ring (bicyclic) bond motifs is 1. The summed E-state index contributed by atoms with van der Waals surface area (Å²) in [7, 11) is -0.226. The number of hydrogen-bond donors (Lipinski definition) is 1. The summed E-state index contributed by atoms with van der Waals surface area (Å²) in [5.74, 6) is 0.820. The molecule has 2 aromatic rings. The molecule has 0 radical (unpaired) electrons. The van der Waals surface area contributed by atoms with Gasteiger partial charge < -0.3 is 9.47 Å². The quantitative estimate of drug-likeness (QED) is 0.872. The smallest absolute Gasteiger partial charge is 0.276 e. The number of nitrogens with two attached hydrogens (primary N) is 1. The largest absolute Gasteiger partial charge is 0.355 e. The van der Waals surface area contributed by atoms with Crippen LogP contribution in [0.5, 0.6) is 0 Å². The first-order valence-corrected chi connectivity index (χ1v) is 9.13. The molecule has 1 saturated heterocycles. The molecule has 0 atom stereocenters. The van der Waals surface area contributed by atoms with Crippen LogP contribution in [0.1, 0.15) is 12.8 Å². The molecule has 0 bridgehead atoms. The second-order valence-corrected chi connectivity index (χ2v) is 7.77. The van der Waals surface area contributed by atoms with Crippen LogP contribution in [0.4, 0.5) is 5.82 Å². The SMILES string of the molecule is CN(C1CCN(c2ncnc3c(Cl)cn(C)c23)CC1)S(N)(=O)=O. The molecule has 10 heteroatoms. The zero-order valence-electron chi connectivity index (χ0n) is 13.0. The van der Waals surface area contributed by atoms with Gasteiger partial charge in [0, 0.05) is 39.4 Å². The first-order valence-electron chi connectivity index (χ1n) is 7.25. The topological polar surface area (TPSA) is 97.3 Å². The Morgan fingerprint density at radius 2 is 2.00 bits per heavy atom. The minimum atomic E-state index is -3.65.